The van der Waals surface area contributed by atoms with E-state index in [1.807, 2.05) is 6.92 Å². The molecule has 1 heterocycles. The van der Waals surface area contributed by atoms with Gasteiger partial charge >= 0.3 is 0 Å². The highest BCUT2D eigenvalue weighted by Gasteiger charge is 2.28. The van der Waals surface area contributed by atoms with Gasteiger partial charge in [0.15, 0.2) is 0 Å². The predicted molar refractivity (Wildman–Crippen MR) is 72.5 cm³/mol. The lowest BCUT2D eigenvalue weighted by Gasteiger charge is -2.31. The Kier molecular flexibility index (Phi) is 3.18. The number of rotatable bonds is 1. The summed E-state index contributed by atoms with van der Waals surface area (Å²) in [6.07, 6.45) is 0.193. The number of ether oxygens (including phenoxy) is 1. The van der Waals surface area contributed by atoms with Crippen molar-refractivity contribution in [1.82, 2.24) is 0 Å². The van der Waals surface area contributed by atoms with Gasteiger partial charge in [0.05, 0.1) is 0 Å². The first-order chi connectivity index (χ1) is 9.54. The maximum atomic E-state index is 13.4. The van der Waals surface area contributed by atoms with Crippen LogP contribution in [0.25, 0.3) is 0 Å². The van der Waals surface area contributed by atoms with E-state index < -0.39 is 0 Å². The molecule has 0 amide bonds. The minimum Gasteiger partial charge on any atom is -0.485 e. The molecule has 104 valence electrons. The van der Waals surface area contributed by atoms with Crippen molar-refractivity contribution in [1.29, 1.82) is 0 Å². The molecule has 0 spiro atoms. The second kappa shape index (κ2) is 4.87. The fourth-order valence-electron chi connectivity index (χ4n) is 2.62. The number of hydrogen-bond donors (Lipinski definition) is 1. The lowest BCUT2D eigenvalue weighted by atomic mass is 9.91. The van der Waals surface area contributed by atoms with Gasteiger partial charge < -0.3 is 10.5 Å². The first kappa shape index (κ1) is 13.1. The zero-order chi connectivity index (χ0) is 14.3. The Labute approximate surface area is 116 Å². The van der Waals surface area contributed by atoms with Crippen LogP contribution in [-0.2, 0) is 0 Å². The average Bonchev–Trinajstić information content (AvgIpc) is 2.41. The van der Waals surface area contributed by atoms with E-state index in [0.29, 0.717) is 12.2 Å². The minimum absolute atomic E-state index is 0.244. The summed E-state index contributed by atoms with van der Waals surface area (Å²) in [6.45, 7) is 1.89. The summed E-state index contributed by atoms with van der Waals surface area (Å²) in [4.78, 5) is 0. The Morgan fingerprint density at radius 3 is 2.55 bits per heavy atom. The van der Waals surface area contributed by atoms with E-state index in [4.69, 9.17) is 10.5 Å². The molecule has 4 heteroatoms. The second-order valence-electron chi connectivity index (χ2n) is 5.13. The fourth-order valence-corrected chi connectivity index (χ4v) is 2.62. The quantitative estimate of drug-likeness (QED) is 0.859. The molecule has 2 atom stereocenters. The number of halogens is 2. The van der Waals surface area contributed by atoms with E-state index in [1.165, 1.54) is 24.3 Å². The van der Waals surface area contributed by atoms with E-state index in [0.717, 1.165) is 16.7 Å². The van der Waals surface area contributed by atoms with Crippen LogP contribution in [-0.4, -0.2) is 0 Å². The lowest BCUT2D eigenvalue weighted by molar-refractivity contribution is 0.159. The van der Waals surface area contributed by atoms with Gasteiger partial charge in [-0.2, -0.15) is 0 Å². The van der Waals surface area contributed by atoms with E-state index in [-0.39, 0.29) is 23.8 Å². The van der Waals surface area contributed by atoms with Crippen LogP contribution < -0.4 is 10.5 Å². The molecule has 1 aliphatic heterocycles. The third-order valence-electron chi connectivity index (χ3n) is 3.70. The smallest absolute Gasteiger partial charge is 0.127 e. The summed E-state index contributed by atoms with van der Waals surface area (Å²) >= 11 is 0. The molecule has 0 saturated heterocycles. The summed E-state index contributed by atoms with van der Waals surface area (Å²) in [5.74, 6) is -0.238. The summed E-state index contributed by atoms with van der Waals surface area (Å²) in [5.41, 5.74) is 8.60. The number of hydrogen-bond acceptors (Lipinski definition) is 2. The molecule has 3 rings (SSSR count). The molecule has 0 bridgehead atoms. The Morgan fingerprint density at radius 1 is 1.05 bits per heavy atom. The van der Waals surface area contributed by atoms with Gasteiger partial charge in [0.25, 0.3) is 0 Å². The van der Waals surface area contributed by atoms with Crippen molar-refractivity contribution < 1.29 is 13.5 Å². The number of benzene rings is 2. The number of nitrogens with two attached hydrogens (primary N) is 1. The van der Waals surface area contributed by atoms with Crippen LogP contribution in [0.2, 0.25) is 0 Å². The molecule has 2 nitrogen and oxygen atoms in total. The molecule has 2 aromatic rings. The zero-order valence-electron chi connectivity index (χ0n) is 11.1. The molecule has 20 heavy (non-hydrogen) atoms. The second-order valence-corrected chi connectivity index (χ2v) is 5.13. The van der Waals surface area contributed by atoms with Crippen LogP contribution in [0.15, 0.2) is 36.4 Å². The van der Waals surface area contributed by atoms with Gasteiger partial charge in [-0.3, -0.25) is 0 Å². The summed E-state index contributed by atoms with van der Waals surface area (Å²) in [7, 11) is 0. The van der Waals surface area contributed by atoms with Gasteiger partial charge in [-0.1, -0.05) is 12.1 Å². The molecule has 0 aromatic heterocycles. The number of aryl methyl sites for hydroxylation is 1. The highest BCUT2D eigenvalue weighted by Crippen LogP contribution is 2.40. The maximum Gasteiger partial charge on any atom is 0.127 e. The Morgan fingerprint density at radius 2 is 1.75 bits per heavy atom. The summed E-state index contributed by atoms with van der Waals surface area (Å²) in [6, 6.07) is 8.68. The molecule has 2 aromatic carbocycles. The fraction of sp³-hybridized carbons (Fsp3) is 0.250. The zero-order valence-corrected chi connectivity index (χ0v) is 11.1. The van der Waals surface area contributed by atoms with Crippen LogP contribution in [0.1, 0.15) is 35.3 Å². The first-order valence-corrected chi connectivity index (χ1v) is 6.52. The van der Waals surface area contributed by atoms with Gasteiger partial charge in [-0.25, -0.2) is 8.78 Å². The van der Waals surface area contributed by atoms with E-state index >= 15 is 0 Å². The lowest BCUT2D eigenvalue weighted by Crippen LogP contribution is -2.24. The average molecular weight is 275 g/mol. The van der Waals surface area contributed by atoms with E-state index in [9.17, 15) is 8.78 Å². The molecule has 0 fully saturated rings. The number of fused-ring (bicyclic) bond motifs is 1. The predicted octanol–water partition coefficient (Wildman–Crippen LogP) is 3.80. The van der Waals surface area contributed by atoms with Crippen molar-refractivity contribution in [2.45, 2.75) is 25.5 Å². The largest absolute Gasteiger partial charge is 0.485 e. The first-order valence-electron chi connectivity index (χ1n) is 6.52. The Bertz CT molecular complexity index is 657. The van der Waals surface area contributed by atoms with Crippen LogP contribution in [0.3, 0.4) is 0 Å². The maximum absolute atomic E-state index is 13.4. The van der Waals surface area contributed by atoms with Crippen molar-refractivity contribution in [2.24, 2.45) is 5.73 Å². The third kappa shape index (κ3) is 2.27. The SMILES string of the molecule is Cc1ccc(F)cc1C1C[C@H](N)c2ccc(F)cc2O1. The highest BCUT2D eigenvalue weighted by molar-refractivity contribution is 5.40. The van der Waals surface area contributed by atoms with Crippen LogP contribution in [0, 0.1) is 18.6 Å². The highest BCUT2D eigenvalue weighted by atomic mass is 19.1. The van der Waals surface area contributed by atoms with Gasteiger partial charge in [0.2, 0.25) is 0 Å². The van der Waals surface area contributed by atoms with Crippen molar-refractivity contribution in [2.75, 3.05) is 0 Å². The Hall–Kier alpha value is -1.94. The molecule has 1 unspecified atom stereocenters. The Balaban J connectivity index is 2.00. The standard InChI is InChI=1S/C16H15F2NO/c1-9-2-3-10(17)6-13(9)16-8-14(19)12-5-4-11(18)7-15(12)20-16/h2-7,14,16H,8,19H2,1H3/t14-,16?/m0/s1. The van der Waals surface area contributed by atoms with Gasteiger partial charge in [0, 0.05) is 24.1 Å². The molecule has 1 aliphatic rings. The van der Waals surface area contributed by atoms with Crippen LogP contribution in [0.5, 0.6) is 5.75 Å². The van der Waals surface area contributed by atoms with Crippen LogP contribution in [0.4, 0.5) is 8.78 Å². The summed E-state index contributed by atoms with van der Waals surface area (Å²) in [5, 5.41) is 0. The molecule has 0 aliphatic carbocycles. The minimum atomic E-state index is -0.368. The third-order valence-corrected chi connectivity index (χ3v) is 3.70. The molecule has 0 saturated carbocycles. The van der Waals surface area contributed by atoms with Crippen molar-refractivity contribution >= 4 is 0 Å². The normalized spacial score (nSPS) is 21.2. The van der Waals surface area contributed by atoms with Crippen molar-refractivity contribution in [3.63, 3.8) is 0 Å². The molecule has 2 N–H and O–H groups in total. The van der Waals surface area contributed by atoms with E-state index in [2.05, 4.69) is 0 Å². The molecular formula is C16H15F2NO. The van der Waals surface area contributed by atoms with Crippen molar-refractivity contribution in [3.8, 4) is 5.75 Å². The van der Waals surface area contributed by atoms with Gasteiger partial charge in [-0.05, 0) is 36.2 Å². The summed E-state index contributed by atoms with van der Waals surface area (Å²) < 4.78 is 32.5. The van der Waals surface area contributed by atoms with Crippen molar-refractivity contribution in [3.05, 3.63) is 64.7 Å². The topological polar surface area (TPSA) is 35.2 Å². The monoisotopic (exact) mass is 275 g/mol. The van der Waals surface area contributed by atoms with Gasteiger partial charge in [-0.15, -0.1) is 0 Å². The molecule has 0 radical (unpaired) electrons. The van der Waals surface area contributed by atoms with Crippen LogP contribution >= 0.6 is 0 Å². The van der Waals surface area contributed by atoms with E-state index in [1.54, 1.807) is 12.1 Å². The van der Waals surface area contributed by atoms with Gasteiger partial charge in [0.1, 0.15) is 23.5 Å². The molecular weight excluding hydrogens is 260 g/mol.